The van der Waals surface area contributed by atoms with Crippen molar-refractivity contribution in [3.05, 3.63) is 18.2 Å². The van der Waals surface area contributed by atoms with E-state index in [-0.39, 0.29) is 5.75 Å². The molecule has 1 aromatic rings. The number of hydrogen-bond acceptors (Lipinski definition) is 2. The van der Waals surface area contributed by atoms with Gasteiger partial charge in [0.15, 0.2) is 11.5 Å². The van der Waals surface area contributed by atoms with Crippen molar-refractivity contribution in [3.63, 3.8) is 0 Å². The van der Waals surface area contributed by atoms with Crippen molar-refractivity contribution in [2.75, 3.05) is 7.11 Å². The minimum Gasteiger partial charge on any atom is -0.504 e. The van der Waals surface area contributed by atoms with Gasteiger partial charge in [0, 0.05) is 0 Å². The van der Waals surface area contributed by atoms with E-state index in [9.17, 15) is 0 Å². The zero-order chi connectivity index (χ0) is 7.56. The largest absolute Gasteiger partial charge is 0.504 e. The number of methoxy groups -OCH3 is 1. The molecule has 2 nitrogen and oxygen atoms in total. The van der Waals surface area contributed by atoms with E-state index in [0.29, 0.717) is 11.2 Å². The van der Waals surface area contributed by atoms with Crippen molar-refractivity contribution in [2.24, 2.45) is 0 Å². The quantitative estimate of drug-likeness (QED) is 0.555. The molecule has 0 aliphatic heterocycles. The molecule has 0 atom stereocenters. The molecular formula is C7H7BO2. The van der Waals surface area contributed by atoms with Gasteiger partial charge in [0.2, 0.25) is 0 Å². The fraction of sp³-hybridized carbons (Fsp3) is 0.143. The summed E-state index contributed by atoms with van der Waals surface area (Å²) in [6, 6.07) is 4.72. The number of ether oxygens (including phenoxy) is 1. The summed E-state index contributed by atoms with van der Waals surface area (Å²) >= 11 is 0. The standard InChI is InChI=1S/C7H7BO2/c1-10-7-3-2-5(8)4-6(7)9/h2-4,9H,1H3. The molecule has 0 saturated carbocycles. The Kier molecular flexibility index (Phi) is 1.85. The molecule has 1 N–H and O–H groups in total. The van der Waals surface area contributed by atoms with Crippen molar-refractivity contribution >= 4 is 13.3 Å². The van der Waals surface area contributed by atoms with E-state index < -0.39 is 0 Å². The van der Waals surface area contributed by atoms with Gasteiger partial charge in [0.1, 0.15) is 7.85 Å². The van der Waals surface area contributed by atoms with Gasteiger partial charge >= 0.3 is 0 Å². The van der Waals surface area contributed by atoms with Crippen LogP contribution in [0.3, 0.4) is 0 Å². The molecule has 0 amide bonds. The molecule has 0 unspecified atom stereocenters. The molecule has 0 aliphatic carbocycles. The van der Waals surface area contributed by atoms with E-state index in [4.69, 9.17) is 17.7 Å². The summed E-state index contributed by atoms with van der Waals surface area (Å²) < 4.78 is 4.79. The third-order valence-electron chi connectivity index (χ3n) is 1.20. The number of benzene rings is 1. The molecule has 2 radical (unpaired) electrons. The maximum absolute atomic E-state index is 9.09. The number of hydrogen-bond donors (Lipinski definition) is 1. The number of aromatic hydroxyl groups is 1. The first-order valence-electron chi connectivity index (χ1n) is 2.86. The molecule has 0 aromatic heterocycles. The van der Waals surface area contributed by atoms with Crippen LogP contribution in [0.4, 0.5) is 0 Å². The van der Waals surface area contributed by atoms with Crippen LogP contribution in [0.2, 0.25) is 0 Å². The number of rotatable bonds is 1. The SMILES string of the molecule is [B]c1ccc(OC)c(O)c1. The molecule has 0 fully saturated rings. The topological polar surface area (TPSA) is 29.5 Å². The van der Waals surface area contributed by atoms with Crippen LogP contribution in [0.15, 0.2) is 18.2 Å². The van der Waals surface area contributed by atoms with Gasteiger partial charge in [-0.3, -0.25) is 0 Å². The lowest BCUT2D eigenvalue weighted by Gasteiger charge is -2.02. The predicted molar refractivity (Wildman–Crippen MR) is 40.0 cm³/mol. The van der Waals surface area contributed by atoms with E-state index in [1.54, 1.807) is 12.1 Å². The zero-order valence-electron chi connectivity index (χ0n) is 5.66. The summed E-state index contributed by atoms with van der Waals surface area (Å²) in [6.07, 6.45) is 0. The predicted octanol–water partition coefficient (Wildman–Crippen LogP) is 0.195. The first-order chi connectivity index (χ1) is 4.74. The minimum atomic E-state index is 0.0718. The van der Waals surface area contributed by atoms with Crippen molar-refractivity contribution in [1.29, 1.82) is 0 Å². The lowest BCUT2D eigenvalue weighted by molar-refractivity contribution is 0.374. The second kappa shape index (κ2) is 2.65. The van der Waals surface area contributed by atoms with E-state index in [1.807, 2.05) is 0 Å². The van der Waals surface area contributed by atoms with Crippen LogP contribution in [0.5, 0.6) is 11.5 Å². The molecule has 0 spiro atoms. The third-order valence-corrected chi connectivity index (χ3v) is 1.20. The Morgan fingerprint density at radius 2 is 2.20 bits per heavy atom. The highest BCUT2D eigenvalue weighted by Crippen LogP contribution is 2.21. The highest BCUT2D eigenvalue weighted by molar-refractivity contribution is 6.32. The maximum atomic E-state index is 9.09. The van der Waals surface area contributed by atoms with Crippen molar-refractivity contribution in [3.8, 4) is 11.5 Å². The molecule has 0 saturated heterocycles. The first-order valence-corrected chi connectivity index (χ1v) is 2.86. The molecule has 3 heteroatoms. The third kappa shape index (κ3) is 1.24. The van der Waals surface area contributed by atoms with Crippen LogP contribution >= 0.6 is 0 Å². The molecule has 50 valence electrons. The molecular weight excluding hydrogens is 127 g/mol. The van der Waals surface area contributed by atoms with Crippen LogP contribution in [0.1, 0.15) is 0 Å². The normalized spacial score (nSPS) is 9.30. The number of phenols is 1. The Labute approximate surface area is 60.9 Å². The average Bonchev–Trinajstić information content (AvgIpc) is 1.88. The Morgan fingerprint density at radius 3 is 2.70 bits per heavy atom. The van der Waals surface area contributed by atoms with Crippen molar-refractivity contribution in [1.82, 2.24) is 0 Å². The van der Waals surface area contributed by atoms with Gasteiger partial charge in [-0.15, -0.1) is 0 Å². The first kappa shape index (κ1) is 7.00. The van der Waals surface area contributed by atoms with Crippen LogP contribution < -0.4 is 10.2 Å². The summed E-state index contributed by atoms with van der Waals surface area (Å²) in [7, 11) is 6.86. The van der Waals surface area contributed by atoms with E-state index in [1.165, 1.54) is 13.2 Å². The maximum Gasteiger partial charge on any atom is 0.160 e. The smallest absolute Gasteiger partial charge is 0.160 e. The Bertz CT molecular complexity index is 235. The molecule has 1 rings (SSSR count). The minimum absolute atomic E-state index is 0.0718. The molecule has 0 aliphatic rings. The van der Waals surface area contributed by atoms with Gasteiger partial charge in [0.25, 0.3) is 0 Å². The Hall–Kier alpha value is -1.12. The molecule has 1 aromatic carbocycles. The van der Waals surface area contributed by atoms with Crippen molar-refractivity contribution in [2.45, 2.75) is 0 Å². The number of phenolic OH excluding ortho intramolecular Hbond substituents is 1. The molecule has 10 heavy (non-hydrogen) atoms. The van der Waals surface area contributed by atoms with Crippen LogP contribution in [-0.4, -0.2) is 20.1 Å². The summed E-state index contributed by atoms with van der Waals surface area (Å²) in [4.78, 5) is 0. The highest BCUT2D eigenvalue weighted by Gasteiger charge is 1.97. The fourth-order valence-corrected chi connectivity index (χ4v) is 0.707. The Morgan fingerprint density at radius 1 is 1.50 bits per heavy atom. The van der Waals surface area contributed by atoms with Gasteiger partial charge in [-0.2, -0.15) is 0 Å². The van der Waals surface area contributed by atoms with Gasteiger partial charge in [0.05, 0.1) is 7.11 Å². The van der Waals surface area contributed by atoms with Crippen LogP contribution in [0, 0.1) is 0 Å². The van der Waals surface area contributed by atoms with Gasteiger partial charge < -0.3 is 9.84 Å². The summed E-state index contributed by atoms with van der Waals surface area (Å²) in [5.41, 5.74) is 0.526. The highest BCUT2D eigenvalue weighted by atomic mass is 16.5. The lowest BCUT2D eigenvalue weighted by Crippen LogP contribution is -2.00. The lowest BCUT2D eigenvalue weighted by atomic mass is 9.96. The van der Waals surface area contributed by atoms with Crippen molar-refractivity contribution < 1.29 is 9.84 Å². The fourth-order valence-electron chi connectivity index (χ4n) is 0.707. The van der Waals surface area contributed by atoms with Crippen LogP contribution in [-0.2, 0) is 0 Å². The summed E-state index contributed by atoms with van der Waals surface area (Å²) in [6.45, 7) is 0. The van der Waals surface area contributed by atoms with Gasteiger partial charge in [-0.05, 0) is 12.1 Å². The van der Waals surface area contributed by atoms with Crippen LogP contribution in [0.25, 0.3) is 0 Å². The molecule has 0 bridgehead atoms. The molecule has 0 heterocycles. The van der Waals surface area contributed by atoms with E-state index in [0.717, 1.165) is 0 Å². The van der Waals surface area contributed by atoms with Gasteiger partial charge in [-0.1, -0.05) is 11.5 Å². The second-order valence-electron chi connectivity index (χ2n) is 1.93. The van der Waals surface area contributed by atoms with E-state index >= 15 is 0 Å². The summed E-state index contributed by atoms with van der Waals surface area (Å²) in [5.74, 6) is 0.511. The summed E-state index contributed by atoms with van der Waals surface area (Å²) in [5, 5.41) is 9.09. The monoisotopic (exact) mass is 134 g/mol. The Balaban J connectivity index is 3.07. The van der Waals surface area contributed by atoms with E-state index in [2.05, 4.69) is 0 Å². The zero-order valence-corrected chi connectivity index (χ0v) is 5.66. The average molecular weight is 134 g/mol. The van der Waals surface area contributed by atoms with Gasteiger partial charge in [-0.25, -0.2) is 0 Å². The second-order valence-corrected chi connectivity index (χ2v) is 1.93.